The molecule has 0 bridgehead atoms. The molecule has 3 nitrogen and oxygen atoms in total. The molecule has 1 aliphatic heterocycles. The molecule has 0 atom stereocenters. The van der Waals surface area contributed by atoms with Crippen molar-refractivity contribution in [3.05, 3.63) is 35.3 Å². The van der Waals surface area contributed by atoms with Crippen molar-refractivity contribution >= 4 is 10.9 Å². The molecule has 1 aromatic carbocycles. The molecule has 19 heavy (non-hydrogen) atoms. The molecule has 0 saturated carbocycles. The fourth-order valence-electron chi connectivity index (χ4n) is 2.81. The summed E-state index contributed by atoms with van der Waals surface area (Å²) < 4.78 is 13.3. The van der Waals surface area contributed by atoms with E-state index in [1.54, 1.807) is 6.07 Å². The minimum absolute atomic E-state index is 0.164. The maximum absolute atomic E-state index is 13.3. The van der Waals surface area contributed by atoms with E-state index in [9.17, 15) is 4.39 Å². The normalized spacial score (nSPS) is 17.2. The first-order valence-corrected chi connectivity index (χ1v) is 6.94. The van der Waals surface area contributed by atoms with E-state index in [-0.39, 0.29) is 5.82 Å². The number of aromatic nitrogens is 1. The zero-order valence-electron chi connectivity index (χ0n) is 11.3. The number of halogens is 1. The Morgan fingerprint density at radius 3 is 2.84 bits per heavy atom. The summed E-state index contributed by atoms with van der Waals surface area (Å²) in [6, 6.07) is 4.96. The van der Waals surface area contributed by atoms with Gasteiger partial charge in [0.1, 0.15) is 5.82 Å². The number of aryl methyl sites for hydroxylation is 1. The number of nitrogens with zero attached hydrogens (tertiary/aromatic N) is 1. The molecule has 1 aromatic heterocycles. The standard InChI is InChI=1S/C15H20FN3/c1-11-13-10-12(16)2-3-15(13)18-14(11)4-7-19-8-5-17-6-9-19/h2-3,10,17-18H,4-9H2,1H3. The predicted octanol–water partition coefficient (Wildman–Crippen LogP) is 2.06. The summed E-state index contributed by atoms with van der Waals surface area (Å²) in [6.07, 6.45) is 1.00. The van der Waals surface area contributed by atoms with Crippen LogP contribution in [0.5, 0.6) is 0 Å². The Bertz CT molecular complexity index is 570. The van der Waals surface area contributed by atoms with E-state index in [1.165, 1.54) is 17.3 Å². The molecule has 1 aliphatic rings. The second-order valence-corrected chi connectivity index (χ2v) is 5.26. The second-order valence-electron chi connectivity index (χ2n) is 5.26. The molecule has 2 heterocycles. The van der Waals surface area contributed by atoms with Crippen LogP contribution in [0.3, 0.4) is 0 Å². The number of benzene rings is 1. The molecule has 1 saturated heterocycles. The number of fused-ring (bicyclic) bond motifs is 1. The van der Waals surface area contributed by atoms with Gasteiger partial charge in [0.25, 0.3) is 0 Å². The molecule has 1 fully saturated rings. The highest BCUT2D eigenvalue weighted by molar-refractivity contribution is 5.84. The molecule has 0 amide bonds. The Kier molecular flexibility index (Phi) is 3.53. The van der Waals surface area contributed by atoms with Gasteiger partial charge in [0.05, 0.1) is 0 Å². The molecule has 0 aliphatic carbocycles. The first kappa shape index (κ1) is 12.6. The summed E-state index contributed by atoms with van der Waals surface area (Å²) in [5.74, 6) is -0.164. The zero-order valence-corrected chi connectivity index (χ0v) is 11.3. The topological polar surface area (TPSA) is 31.1 Å². The maximum atomic E-state index is 13.3. The van der Waals surface area contributed by atoms with Crippen LogP contribution in [0.1, 0.15) is 11.3 Å². The van der Waals surface area contributed by atoms with Gasteiger partial charge in [-0.05, 0) is 30.7 Å². The molecule has 102 valence electrons. The number of H-pyrrole nitrogens is 1. The molecule has 3 rings (SSSR count). The molecule has 0 radical (unpaired) electrons. The molecule has 0 spiro atoms. The molecule has 2 aromatic rings. The lowest BCUT2D eigenvalue weighted by Gasteiger charge is -2.26. The van der Waals surface area contributed by atoms with Crippen LogP contribution in [0.15, 0.2) is 18.2 Å². The lowest BCUT2D eigenvalue weighted by molar-refractivity contribution is 0.243. The minimum atomic E-state index is -0.164. The second kappa shape index (κ2) is 5.31. The Hall–Kier alpha value is -1.39. The van der Waals surface area contributed by atoms with E-state index >= 15 is 0 Å². The lowest BCUT2D eigenvalue weighted by Crippen LogP contribution is -2.44. The first-order valence-electron chi connectivity index (χ1n) is 6.94. The Balaban J connectivity index is 1.75. The zero-order chi connectivity index (χ0) is 13.2. The van der Waals surface area contributed by atoms with Crippen LogP contribution < -0.4 is 5.32 Å². The van der Waals surface area contributed by atoms with E-state index in [0.717, 1.165) is 50.0 Å². The molecule has 2 N–H and O–H groups in total. The number of hydrogen-bond acceptors (Lipinski definition) is 2. The largest absolute Gasteiger partial charge is 0.358 e. The fraction of sp³-hybridized carbons (Fsp3) is 0.467. The highest BCUT2D eigenvalue weighted by Crippen LogP contribution is 2.23. The van der Waals surface area contributed by atoms with Crippen molar-refractivity contribution in [2.24, 2.45) is 0 Å². The van der Waals surface area contributed by atoms with Gasteiger partial charge in [0.2, 0.25) is 0 Å². The summed E-state index contributed by atoms with van der Waals surface area (Å²) in [4.78, 5) is 5.90. The van der Waals surface area contributed by atoms with E-state index in [4.69, 9.17) is 0 Å². The van der Waals surface area contributed by atoms with Crippen molar-refractivity contribution < 1.29 is 4.39 Å². The van der Waals surface area contributed by atoms with Gasteiger partial charge in [-0.15, -0.1) is 0 Å². The Labute approximate surface area is 112 Å². The maximum Gasteiger partial charge on any atom is 0.123 e. The molecular formula is C15H20FN3. The third-order valence-corrected chi connectivity index (χ3v) is 4.01. The molecule has 4 heteroatoms. The van der Waals surface area contributed by atoms with Crippen molar-refractivity contribution in [3.8, 4) is 0 Å². The summed E-state index contributed by atoms with van der Waals surface area (Å²) >= 11 is 0. The average molecular weight is 261 g/mol. The predicted molar refractivity (Wildman–Crippen MR) is 76.0 cm³/mol. The van der Waals surface area contributed by atoms with Crippen molar-refractivity contribution in [3.63, 3.8) is 0 Å². The van der Waals surface area contributed by atoms with Crippen LogP contribution in [-0.2, 0) is 6.42 Å². The smallest absolute Gasteiger partial charge is 0.123 e. The Morgan fingerprint density at radius 2 is 2.05 bits per heavy atom. The van der Waals surface area contributed by atoms with Gasteiger partial charge < -0.3 is 15.2 Å². The first-order chi connectivity index (χ1) is 9.24. The van der Waals surface area contributed by atoms with Gasteiger partial charge in [-0.2, -0.15) is 0 Å². The van der Waals surface area contributed by atoms with E-state index < -0.39 is 0 Å². The quantitative estimate of drug-likeness (QED) is 0.886. The van der Waals surface area contributed by atoms with Gasteiger partial charge in [0.15, 0.2) is 0 Å². The van der Waals surface area contributed by atoms with Gasteiger partial charge in [-0.25, -0.2) is 4.39 Å². The van der Waals surface area contributed by atoms with Crippen LogP contribution in [0, 0.1) is 12.7 Å². The SMILES string of the molecule is Cc1c(CCN2CCNCC2)[nH]c2ccc(F)cc12. The van der Waals surface area contributed by atoms with Crippen molar-refractivity contribution in [1.82, 2.24) is 15.2 Å². The van der Waals surface area contributed by atoms with Crippen LogP contribution in [0.4, 0.5) is 4.39 Å². The summed E-state index contributed by atoms with van der Waals surface area (Å²) in [7, 11) is 0. The highest BCUT2D eigenvalue weighted by Gasteiger charge is 2.12. The monoisotopic (exact) mass is 261 g/mol. The van der Waals surface area contributed by atoms with E-state index in [0.29, 0.717) is 0 Å². The van der Waals surface area contributed by atoms with Gasteiger partial charge >= 0.3 is 0 Å². The lowest BCUT2D eigenvalue weighted by atomic mass is 10.1. The van der Waals surface area contributed by atoms with E-state index in [2.05, 4.69) is 22.1 Å². The van der Waals surface area contributed by atoms with Crippen molar-refractivity contribution in [1.29, 1.82) is 0 Å². The summed E-state index contributed by atoms with van der Waals surface area (Å²) in [5, 5.41) is 4.37. The van der Waals surface area contributed by atoms with Gasteiger partial charge in [-0.1, -0.05) is 0 Å². The average Bonchev–Trinajstić information content (AvgIpc) is 2.74. The number of aromatic amines is 1. The number of hydrogen-bond donors (Lipinski definition) is 2. The summed E-state index contributed by atoms with van der Waals surface area (Å²) in [6.45, 7) is 7.54. The number of piperazine rings is 1. The molecular weight excluding hydrogens is 241 g/mol. The van der Waals surface area contributed by atoms with Gasteiger partial charge in [0, 0.05) is 55.7 Å². The van der Waals surface area contributed by atoms with Crippen molar-refractivity contribution in [2.45, 2.75) is 13.3 Å². The van der Waals surface area contributed by atoms with Crippen molar-refractivity contribution in [2.75, 3.05) is 32.7 Å². The third-order valence-electron chi connectivity index (χ3n) is 4.01. The minimum Gasteiger partial charge on any atom is -0.358 e. The van der Waals surface area contributed by atoms with Crippen LogP contribution in [0.25, 0.3) is 10.9 Å². The summed E-state index contributed by atoms with van der Waals surface area (Å²) in [5.41, 5.74) is 3.46. The van der Waals surface area contributed by atoms with Crippen LogP contribution in [-0.4, -0.2) is 42.6 Å². The number of nitrogens with one attached hydrogen (secondary N) is 2. The van der Waals surface area contributed by atoms with E-state index in [1.807, 2.05) is 6.07 Å². The van der Waals surface area contributed by atoms with Gasteiger partial charge in [-0.3, -0.25) is 0 Å². The highest BCUT2D eigenvalue weighted by atomic mass is 19.1. The number of rotatable bonds is 3. The van der Waals surface area contributed by atoms with Crippen LogP contribution in [0.2, 0.25) is 0 Å². The Morgan fingerprint density at radius 1 is 1.26 bits per heavy atom. The fourth-order valence-corrected chi connectivity index (χ4v) is 2.81. The molecule has 0 unspecified atom stereocenters. The third kappa shape index (κ3) is 2.65. The van der Waals surface area contributed by atoms with Crippen LogP contribution >= 0.6 is 0 Å².